The average molecular weight is 532 g/mol. The van der Waals surface area contributed by atoms with E-state index in [1.165, 1.54) is 12.1 Å². The van der Waals surface area contributed by atoms with E-state index < -0.39 is 6.61 Å². The highest BCUT2D eigenvalue weighted by Gasteiger charge is 2.32. The van der Waals surface area contributed by atoms with Gasteiger partial charge in [-0.2, -0.15) is 8.78 Å². The van der Waals surface area contributed by atoms with Crippen molar-refractivity contribution in [1.29, 1.82) is 0 Å². The second-order valence-corrected chi connectivity index (χ2v) is 6.87. The Labute approximate surface area is 185 Å². The van der Waals surface area contributed by atoms with E-state index in [0.717, 1.165) is 19.4 Å². The molecule has 1 N–H and O–H groups in total. The van der Waals surface area contributed by atoms with Crippen LogP contribution in [0.2, 0.25) is 5.02 Å². The zero-order valence-corrected chi connectivity index (χ0v) is 18.7. The fourth-order valence-electron chi connectivity index (χ4n) is 3.39. The summed E-state index contributed by atoms with van der Waals surface area (Å²) in [4.78, 5) is 6.41. The van der Waals surface area contributed by atoms with Crippen LogP contribution in [0.1, 0.15) is 18.4 Å². The number of halogens is 4. The van der Waals surface area contributed by atoms with E-state index in [0.29, 0.717) is 36.2 Å². The number of hydrogen-bond donors (Lipinski definition) is 1. The van der Waals surface area contributed by atoms with Crippen LogP contribution in [0.25, 0.3) is 0 Å². The van der Waals surface area contributed by atoms with Gasteiger partial charge in [-0.15, -0.1) is 24.0 Å². The number of nitrogens with zero attached hydrogens (tertiary/aromatic N) is 2. The number of aliphatic imine (C=N–C) groups is 1. The number of guanidine groups is 1. The Morgan fingerprint density at radius 1 is 1.36 bits per heavy atom. The summed E-state index contributed by atoms with van der Waals surface area (Å²) in [6, 6.07) is 4.57. The summed E-state index contributed by atoms with van der Waals surface area (Å²) < 4.78 is 41.4. The summed E-state index contributed by atoms with van der Waals surface area (Å²) in [5.74, 6) is 0.765. The van der Waals surface area contributed by atoms with Gasteiger partial charge in [0.2, 0.25) is 0 Å². The van der Waals surface area contributed by atoms with Crippen LogP contribution < -0.4 is 10.1 Å². The van der Waals surface area contributed by atoms with Crippen molar-refractivity contribution in [2.24, 2.45) is 4.99 Å². The van der Waals surface area contributed by atoms with Crippen LogP contribution in [-0.2, 0) is 16.0 Å². The Bertz CT molecular complexity index is 663. The molecule has 0 aromatic heterocycles. The van der Waals surface area contributed by atoms with Gasteiger partial charge in [0.05, 0.1) is 12.7 Å². The Morgan fingerprint density at radius 3 is 2.82 bits per heavy atom. The standard InChI is InChI=1S/C18H24ClF2N3O3.HI/c1-22-18(24-6-8-26-16(11-24)15-3-2-7-25-15)23-10-12-9-13(19)4-5-14(12)27-17(20)21;/h4-5,9,15-17H,2-3,6-8,10-11H2,1H3,(H,22,23);1H. The van der Waals surface area contributed by atoms with Gasteiger partial charge in [-0.1, -0.05) is 11.6 Å². The Balaban J connectivity index is 0.00000280. The molecule has 2 fully saturated rings. The summed E-state index contributed by atoms with van der Waals surface area (Å²) in [7, 11) is 1.69. The lowest BCUT2D eigenvalue weighted by atomic mass is 10.1. The van der Waals surface area contributed by atoms with Gasteiger partial charge in [0.15, 0.2) is 5.96 Å². The summed E-state index contributed by atoms with van der Waals surface area (Å²) in [5.41, 5.74) is 0.535. The third-order valence-corrected chi connectivity index (χ3v) is 4.90. The van der Waals surface area contributed by atoms with E-state index in [1.54, 1.807) is 13.1 Å². The quantitative estimate of drug-likeness (QED) is 0.358. The lowest BCUT2D eigenvalue weighted by Gasteiger charge is -2.37. The number of hydrogen-bond acceptors (Lipinski definition) is 4. The van der Waals surface area contributed by atoms with Crippen molar-refractivity contribution in [2.45, 2.75) is 38.2 Å². The highest BCUT2D eigenvalue weighted by atomic mass is 127. The fourth-order valence-corrected chi connectivity index (χ4v) is 3.59. The average Bonchev–Trinajstić information content (AvgIpc) is 3.19. The van der Waals surface area contributed by atoms with Gasteiger partial charge >= 0.3 is 6.61 Å². The molecular formula is C18H25ClF2IN3O3. The van der Waals surface area contributed by atoms with Crippen molar-refractivity contribution in [1.82, 2.24) is 10.2 Å². The molecule has 1 aromatic carbocycles. The highest BCUT2D eigenvalue weighted by molar-refractivity contribution is 14.0. The maximum Gasteiger partial charge on any atom is 0.387 e. The minimum atomic E-state index is -2.89. The van der Waals surface area contributed by atoms with Crippen molar-refractivity contribution in [3.05, 3.63) is 28.8 Å². The first-order valence-corrected chi connectivity index (χ1v) is 9.36. The van der Waals surface area contributed by atoms with Crippen molar-refractivity contribution < 1.29 is 23.0 Å². The van der Waals surface area contributed by atoms with Crippen molar-refractivity contribution >= 4 is 41.5 Å². The van der Waals surface area contributed by atoms with Gasteiger partial charge in [-0.25, -0.2) is 0 Å². The summed E-state index contributed by atoms with van der Waals surface area (Å²) in [6.45, 7) is 0.0909. The van der Waals surface area contributed by atoms with Gasteiger partial charge in [-0.05, 0) is 31.0 Å². The zero-order chi connectivity index (χ0) is 19.2. The molecule has 2 aliphatic rings. The molecule has 10 heteroatoms. The number of ether oxygens (including phenoxy) is 3. The number of nitrogens with one attached hydrogen (secondary N) is 1. The summed E-state index contributed by atoms with van der Waals surface area (Å²) in [6.07, 6.45) is 2.18. The second kappa shape index (κ2) is 11.3. The maximum atomic E-state index is 12.6. The van der Waals surface area contributed by atoms with Gasteiger partial charge < -0.3 is 24.4 Å². The van der Waals surface area contributed by atoms with Crippen molar-refractivity contribution in [3.8, 4) is 5.75 Å². The molecule has 6 nitrogen and oxygen atoms in total. The number of morpholine rings is 1. The predicted octanol–water partition coefficient (Wildman–Crippen LogP) is 3.51. The van der Waals surface area contributed by atoms with E-state index in [9.17, 15) is 8.78 Å². The van der Waals surface area contributed by atoms with Gasteiger partial charge in [0.25, 0.3) is 0 Å². The molecule has 2 atom stereocenters. The summed E-state index contributed by atoms with van der Waals surface area (Å²) >= 11 is 6.00. The molecule has 2 heterocycles. The molecule has 3 rings (SSSR count). The van der Waals surface area contributed by atoms with Crippen LogP contribution in [0.3, 0.4) is 0 Å². The molecule has 1 aromatic rings. The molecule has 0 amide bonds. The fraction of sp³-hybridized carbons (Fsp3) is 0.611. The van der Waals surface area contributed by atoms with Gasteiger partial charge in [-0.3, -0.25) is 4.99 Å². The minimum Gasteiger partial charge on any atom is -0.434 e. The molecule has 0 radical (unpaired) electrons. The lowest BCUT2D eigenvalue weighted by Crippen LogP contribution is -2.53. The molecule has 2 aliphatic heterocycles. The number of benzene rings is 1. The number of alkyl halides is 2. The van der Waals surface area contributed by atoms with Crippen LogP contribution in [0, 0.1) is 0 Å². The Hall–Kier alpha value is -0.910. The van der Waals surface area contributed by atoms with Crippen LogP contribution in [0.5, 0.6) is 5.75 Å². The first kappa shape index (κ1) is 23.4. The maximum absolute atomic E-state index is 12.6. The lowest BCUT2D eigenvalue weighted by molar-refractivity contribution is -0.0817. The van der Waals surface area contributed by atoms with Crippen LogP contribution >= 0.6 is 35.6 Å². The van der Waals surface area contributed by atoms with E-state index >= 15 is 0 Å². The molecule has 0 bridgehead atoms. The first-order valence-electron chi connectivity index (χ1n) is 8.99. The number of rotatable bonds is 5. The molecule has 2 saturated heterocycles. The topological polar surface area (TPSA) is 55.3 Å². The Morgan fingerprint density at radius 2 is 2.14 bits per heavy atom. The van der Waals surface area contributed by atoms with Crippen molar-refractivity contribution in [2.75, 3.05) is 33.4 Å². The van der Waals surface area contributed by atoms with E-state index in [1.807, 2.05) is 0 Å². The minimum absolute atomic E-state index is 0. The van der Waals surface area contributed by atoms with Gasteiger partial charge in [0, 0.05) is 43.9 Å². The molecular weight excluding hydrogens is 507 g/mol. The third-order valence-electron chi connectivity index (χ3n) is 4.66. The third kappa shape index (κ3) is 6.30. The molecule has 0 aliphatic carbocycles. The van der Waals surface area contributed by atoms with Crippen molar-refractivity contribution in [3.63, 3.8) is 0 Å². The largest absolute Gasteiger partial charge is 0.434 e. The molecule has 28 heavy (non-hydrogen) atoms. The van der Waals surface area contributed by atoms with Crippen LogP contribution in [0.4, 0.5) is 8.78 Å². The van der Waals surface area contributed by atoms with Crippen LogP contribution in [-0.4, -0.2) is 63.0 Å². The smallest absolute Gasteiger partial charge is 0.387 e. The van der Waals surface area contributed by atoms with E-state index in [4.69, 9.17) is 21.1 Å². The monoisotopic (exact) mass is 531 g/mol. The normalized spacial score (nSPS) is 22.9. The Kier molecular flexibility index (Phi) is 9.45. The second-order valence-electron chi connectivity index (χ2n) is 6.44. The van der Waals surface area contributed by atoms with E-state index in [-0.39, 0.29) is 48.5 Å². The SMILES string of the molecule is CN=C(NCc1cc(Cl)ccc1OC(F)F)N1CCOC(C2CCCO2)C1.I. The first-order chi connectivity index (χ1) is 13.1. The molecule has 0 spiro atoms. The van der Waals surface area contributed by atoms with Crippen LogP contribution in [0.15, 0.2) is 23.2 Å². The zero-order valence-electron chi connectivity index (χ0n) is 15.6. The summed E-state index contributed by atoms with van der Waals surface area (Å²) in [5, 5.41) is 3.66. The van der Waals surface area contributed by atoms with Gasteiger partial charge in [0.1, 0.15) is 11.9 Å². The predicted molar refractivity (Wildman–Crippen MR) is 114 cm³/mol. The highest BCUT2D eigenvalue weighted by Crippen LogP contribution is 2.25. The van der Waals surface area contributed by atoms with E-state index in [2.05, 4.69) is 19.9 Å². The molecule has 158 valence electrons. The molecule has 0 saturated carbocycles. The molecule has 2 unspecified atom stereocenters.